The van der Waals surface area contributed by atoms with Crippen LogP contribution in [0.3, 0.4) is 0 Å². The van der Waals surface area contributed by atoms with E-state index in [4.69, 9.17) is 0 Å². The largest absolute Gasteiger partial charge is 0.323 e. The number of hydrogen-bond acceptors (Lipinski definition) is 11. The Morgan fingerprint density at radius 2 is 1.08 bits per heavy atom. The number of nitrogens with one attached hydrogen (secondary N) is 2. The fourth-order valence-corrected chi connectivity index (χ4v) is 7.83. The molecular formula is C18H10Br4N6O6S3. The normalized spacial score (nSPS) is 10.7. The zero-order valence-electron chi connectivity index (χ0n) is 17.7. The molecule has 1 aromatic heterocycles. The fourth-order valence-electron chi connectivity index (χ4n) is 2.49. The molecule has 0 spiro atoms. The summed E-state index contributed by atoms with van der Waals surface area (Å²) in [5.41, 5.74) is 0.461. The van der Waals surface area contributed by atoms with Crippen LogP contribution >= 0.6 is 98.6 Å². The Hall–Kier alpha value is -1.64. The van der Waals surface area contributed by atoms with E-state index >= 15 is 0 Å². The van der Waals surface area contributed by atoms with Crippen LogP contribution in [0.15, 0.2) is 50.8 Å². The number of non-ortho nitro benzene ring substituents is 2. The molecule has 2 amide bonds. The van der Waals surface area contributed by atoms with E-state index in [1.807, 2.05) is 0 Å². The topological polar surface area (TPSA) is 170 Å². The third-order valence-corrected chi connectivity index (χ3v) is 9.74. The molecule has 0 saturated carbocycles. The molecule has 194 valence electrons. The van der Waals surface area contributed by atoms with Crippen LogP contribution in [-0.2, 0) is 9.59 Å². The number of rotatable bonds is 10. The first-order chi connectivity index (χ1) is 17.4. The minimum absolute atomic E-state index is 0.0118. The van der Waals surface area contributed by atoms with Crippen molar-refractivity contribution in [2.24, 2.45) is 0 Å². The average molecular weight is 822 g/mol. The number of aromatic nitrogens is 2. The first-order valence-electron chi connectivity index (χ1n) is 9.40. The molecule has 2 aromatic carbocycles. The summed E-state index contributed by atoms with van der Waals surface area (Å²) in [6.07, 6.45) is 0. The molecule has 0 aliphatic rings. The van der Waals surface area contributed by atoms with E-state index in [0.29, 0.717) is 37.9 Å². The SMILES string of the molecule is O=C(CSc1nnc(SCC(=O)Nc2c(Br)cc([N+](=O)[O-])cc2Br)s1)Nc1c(Br)cc([N+](=O)[O-])cc1Br. The van der Waals surface area contributed by atoms with Gasteiger partial charge in [0, 0.05) is 42.2 Å². The van der Waals surface area contributed by atoms with Crippen LogP contribution in [0.1, 0.15) is 0 Å². The lowest BCUT2D eigenvalue weighted by atomic mass is 10.3. The monoisotopic (exact) mass is 818 g/mol. The van der Waals surface area contributed by atoms with Crippen molar-refractivity contribution in [3.05, 3.63) is 62.4 Å². The van der Waals surface area contributed by atoms with Crippen LogP contribution in [0.4, 0.5) is 22.7 Å². The maximum absolute atomic E-state index is 12.4. The first kappa shape index (κ1) is 29.9. The van der Waals surface area contributed by atoms with E-state index in [1.165, 1.54) is 35.6 Å². The highest BCUT2D eigenvalue weighted by atomic mass is 79.9. The van der Waals surface area contributed by atoms with Crippen LogP contribution in [0.25, 0.3) is 0 Å². The van der Waals surface area contributed by atoms with Crippen LogP contribution in [0.2, 0.25) is 0 Å². The number of anilines is 2. The quantitative estimate of drug-likeness (QED) is 0.125. The predicted molar refractivity (Wildman–Crippen MR) is 156 cm³/mol. The predicted octanol–water partition coefficient (Wildman–Crippen LogP) is 6.87. The number of amides is 2. The van der Waals surface area contributed by atoms with E-state index < -0.39 is 9.85 Å². The molecular weight excluding hydrogens is 812 g/mol. The number of hydrogen-bond donors (Lipinski definition) is 2. The molecule has 0 saturated heterocycles. The Labute approximate surface area is 253 Å². The van der Waals surface area contributed by atoms with Crippen LogP contribution in [0.5, 0.6) is 0 Å². The molecule has 0 aliphatic heterocycles. The lowest BCUT2D eigenvalue weighted by Crippen LogP contribution is -2.15. The molecule has 0 fully saturated rings. The summed E-state index contributed by atoms with van der Waals surface area (Å²) in [5.74, 6) is -0.693. The first-order valence-corrected chi connectivity index (χ1v) is 15.4. The van der Waals surface area contributed by atoms with Gasteiger partial charge in [0.2, 0.25) is 11.8 Å². The van der Waals surface area contributed by atoms with Gasteiger partial charge in [0.15, 0.2) is 8.68 Å². The number of carbonyl (C=O) groups excluding carboxylic acids is 2. The Balaban J connectivity index is 1.50. The van der Waals surface area contributed by atoms with Gasteiger partial charge >= 0.3 is 0 Å². The Kier molecular flexibility index (Phi) is 10.9. The van der Waals surface area contributed by atoms with Gasteiger partial charge < -0.3 is 10.6 Å². The zero-order valence-corrected chi connectivity index (χ0v) is 26.5. The molecule has 3 rings (SSSR count). The van der Waals surface area contributed by atoms with E-state index in [2.05, 4.69) is 84.6 Å². The van der Waals surface area contributed by atoms with Crippen molar-refractivity contribution in [1.82, 2.24) is 10.2 Å². The number of halogens is 4. The van der Waals surface area contributed by atoms with E-state index in [1.54, 1.807) is 0 Å². The molecule has 0 aliphatic carbocycles. The number of nitro benzene ring substituents is 2. The second-order valence-corrected chi connectivity index (χ2v) is 13.4. The second kappa shape index (κ2) is 13.4. The van der Waals surface area contributed by atoms with Gasteiger partial charge in [0.1, 0.15) is 0 Å². The van der Waals surface area contributed by atoms with Gasteiger partial charge in [-0.3, -0.25) is 29.8 Å². The van der Waals surface area contributed by atoms with Gasteiger partial charge in [0.25, 0.3) is 11.4 Å². The standard InChI is InChI=1S/C18H10Br4N6O6S3/c19-9-1-7(27(31)32)2-10(20)15(9)23-13(29)5-35-17-25-26-18(37-17)36-6-14(30)24-16-11(21)3-8(28(33)34)4-12(16)22/h1-4H,5-6H2,(H,23,29)(H,24,30). The summed E-state index contributed by atoms with van der Waals surface area (Å²) in [4.78, 5) is 45.5. The molecule has 1 heterocycles. The van der Waals surface area contributed by atoms with Gasteiger partial charge in [-0.1, -0.05) is 34.9 Å². The minimum Gasteiger partial charge on any atom is -0.323 e. The van der Waals surface area contributed by atoms with Gasteiger partial charge in [0.05, 0.1) is 32.7 Å². The average Bonchev–Trinajstić information content (AvgIpc) is 3.28. The van der Waals surface area contributed by atoms with Gasteiger partial charge in [-0.2, -0.15) is 0 Å². The zero-order chi connectivity index (χ0) is 27.3. The third kappa shape index (κ3) is 8.42. The summed E-state index contributed by atoms with van der Waals surface area (Å²) in [6, 6.07) is 5.15. The fraction of sp³-hybridized carbons (Fsp3) is 0.111. The summed E-state index contributed by atoms with van der Waals surface area (Å²) < 4.78 is 2.45. The van der Waals surface area contributed by atoms with Crippen molar-refractivity contribution in [3.8, 4) is 0 Å². The van der Waals surface area contributed by atoms with Crippen molar-refractivity contribution in [2.75, 3.05) is 22.1 Å². The molecule has 0 unspecified atom stereocenters. The molecule has 0 atom stereocenters. The number of nitro groups is 2. The third-order valence-electron chi connectivity index (χ3n) is 4.05. The minimum atomic E-state index is -0.542. The van der Waals surface area contributed by atoms with Crippen molar-refractivity contribution in [2.45, 2.75) is 8.68 Å². The Bertz CT molecular complexity index is 1260. The van der Waals surface area contributed by atoms with Crippen LogP contribution in [0, 0.1) is 20.2 Å². The molecule has 2 N–H and O–H groups in total. The molecule has 0 bridgehead atoms. The van der Waals surface area contributed by atoms with Crippen molar-refractivity contribution in [3.63, 3.8) is 0 Å². The van der Waals surface area contributed by atoms with E-state index in [-0.39, 0.29) is 34.7 Å². The highest BCUT2D eigenvalue weighted by Gasteiger charge is 2.18. The van der Waals surface area contributed by atoms with Gasteiger partial charge in [-0.25, -0.2) is 0 Å². The molecule has 37 heavy (non-hydrogen) atoms. The smallest absolute Gasteiger partial charge is 0.271 e. The van der Waals surface area contributed by atoms with Crippen LogP contribution in [-0.4, -0.2) is 43.4 Å². The lowest BCUT2D eigenvalue weighted by molar-refractivity contribution is -0.385. The van der Waals surface area contributed by atoms with Crippen molar-refractivity contribution >= 4 is 133 Å². The molecule has 3 aromatic rings. The molecule has 12 nitrogen and oxygen atoms in total. The number of thioether (sulfide) groups is 2. The number of carbonyl (C=O) groups is 2. The maximum Gasteiger partial charge on any atom is 0.271 e. The number of benzene rings is 2. The molecule has 0 radical (unpaired) electrons. The van der Waals surface area contributed by atoms with Crippen molar-refractivity contribution in [1.29, 1.82) is 0 Å². The summed E-state index contributed by atoms with van der Waals surface area (Å²) in [6.45, 7) is 0. The van der Waals surface area contributed by atoms with E-state index in [0.717, 1.165) is 23.5 Å². The highest BCUT2D eigenvalue weighted by molar-refractivity contribution is 9.11. The summed E-state index contributed by atoms with van der Waals surface area (Å²) in [7, 11) is 0. The Morgan fingerprint density at radius 1 is 0.757 bits per heavy atom. The van der Waals surface area contributed by atoms with Gasteiger partial charge in [-0.15, -0.1) is 10.2 Å². The highest BCUT2D eigenvalue weighted by Crippen LogP contribution is 2.37. The van der Waals surface area contributed by atoms with E-state index in [9.17, 15) is 29.8 Å². The maximum atomic E-state index is 12.4. The van der Waals surface area contributed by atoms with Crippen molar-refractivity contribution < 1.29 is 19.4 Å². The van der Waals surface area contributed by atoms with Crippen LogP contribution < -0.4 is 10.6 Å². The van der Waals surface area contributed by atoms with Gasteiger partial charge in [-0.05, 0) is 63.7 Å². The Morgan fingerprint density at radius 3 is 1.38 bits per heavy atom. The summed E-state index contributed by atoms with van der Waals surface area (Å²) >= 11 is 16.4. The molecule has 19 heteroatoms. The summed E-state index contributed by atoms with van der Waals surface area (Å²) in [5, 5.41) is 35.2. The lowest BCUT2D eigenvalue weighted by Gasteiger charge is -2.09. The second-order valence-electron chi connectivity index (χ2n) is 6.59. The number of nitrogens with zero attached hydrogens (tertiary/aromatic N) is 4.